The van der Waals surface area contributed by atoms with Gasteiger partial charge in [-0.15, -0.1) is 0 Å². The first-order chi connectivity index (χ1) is 9.36. The third kappa shape index (κ3) is 2.90. The lowest BCUT2D eigenvalue weighted by molar-refractivity contribution is 0.464. The molecule has 2 rings (SSSR count). The van der Waals surface area contributed by atoms with E-state index in [0.717, 1.165) is 6.42 Å². The van der Waals surface area contributed by atoms with Crippen molar-refractivity contribution in [3.8, 4) is 0 Å². The molecule has 1 aromatic rings. The Morgan fingerprint density at radius 1 is 1.30 bits per heavy atom. The average molecular weight is 296 g/mol. The second-order valence-corrected chi connectivity index (χ2v) is 7.78. The van der Waals surface area contributed by atoms with E-state index in [1.54, 1.807) is 12.1 Å². The quantitative estimate of drug-likeness (QED) is 0.926. The van der Waals surface area contributed by atoms with Crippen molar-refractivity contribution in [2.24, 2.45) is 11.7 Å². The van der Waals surface area contributed by atoms with Crippen LogP contribution in [-0.2, 0) is 10.0 Å². The van der Waals surface area contributed by atoms with E-state index in [1.165, 1.54) is 9.87 Å². The number of nitrogens with zero attached hydrogens (tertiary/aromatic N) is 1. The predicted octanol–water partition coefficient (Wildman–Crippen LogP) is 2.17. The third-order valence-corrected chi connectivity index (χ3v) is 6.18. The van der Waals surface area contributed by atoms with Crippen molar-refractivity contribution in [2.45, 2.75) is 44.0 Å². The van der Waals surface area contributed by atoms with E-state index in [0.29, 0.717) is 23.9 Å². The Morgan fingerprint density at radius 3 is 2.35 bits per heavy atom. The highest BCUT2D eigenvalue weighted by atomic mass is 32.2. The fraction of sp³-hybridized carbons (Fsp3) is 0.600. The fourth-order valence-corrected chi connectivity index (χ4v) is 4.07. The Labute approximate surface area is 122 Å². The summed E-state index contributed by atoms with van der Waals surface area (Å²) >= 11 is 0. The topological polar surface area (TPSA) is 63.4 Å². The molecule has 112 valence electrons. The lowest BCUT2D eigenvalue weighted by Crippen LogP contribution is -2.32. The number of hydrogen-bond acceptors (Lipinski definition) is 3. The van der Waals surface area contributed by atoms with Crippen LogP contribution in [0.2, 0.25) is 0 Å². The number of nitrogens with two attached hydrogens (primary N) is 1. The molecule has 0 aliphatic carbocycles. The molecule has 0 amide bonds. The van der Waals surface area contributed by atoms with E-state index in [1.807, 2.05) is 19.1 Å². The first-order valence-electron chi connectivity index (χ1n) is 7.22. The minimum absolute atomic E-state index is 0.0656. The summed E-state index contributed by atoms with van der Waals surface area (Å²) in [5.74, 6) is 0.663. The van der Waals surface area contributed by atoms with Crippen molar-refractivity contribution < 1.29 is 8.42 Å². The molecule has 20 heavy (non-hydrogen) atoms. The van der Waals surface area contributed by atoms with Crippen LogP contribution in [0.1, 0.15) is 38.7 Å². The highest BCUT2D eigenvalue weighted by Gasteiger charge is 2.35. The highest BCUT2D eigenvalue weighted by molar-refractivity contribution is 7.89. The minimum atomic E-state index is -3.40. The standard InChI is InChI=1S/C15H24N2O2S/c1-4-11(2)13-5-7-14(8-6-13)20(18,19)17-9-12(3)15(16)10-17/h5-8,11-12,15H,4,9-10,16H2,1-3H3. The van der Waals surface area contributed by atoms with Crippen molar-refractivity contribution in [3.05, 3.63) is 29.8 Å². The molecular weight excluding hydrogens is 272 g/mol. The normalized spacial score (nSPS) is 25.8. The lowest BCUT2D eigenvalue weighted by Gasteiger charge is -2.17. The van der Waals surface area contributed by atoms with E-state index >= 15 is 0 Å². The third-order valence-electron chi connectivity index (χ3n) is 4.34. The molecule has 1 aromatic carbocycles. The molecule has 1 heterocycles. The molecule has 0 spiro atoms. The first kappa shape index (κ1) is 15.5. The van der Waals surface area contributed by atoms with Gasteiger partial charge in [0, 0.05) is 19.1 Å². The van der Waals surface area contributed by atoms with Crippen LogP contribution < -0.4 is 5.73 Å². The molecular formula is C15H24N2O2S. The van der Waals surface area contributed by atoms with Crippen LogP contribution in [0.15, 0.2) is 29.2 Å². The molecule has 4 nitrogen and oxygen atoms in total. The fourth-order valence-electron chi connectivity index (χ4n) is 2.50. The minimum Gasteiger partial charge on any atom is -0.326 e. The lowest BCUT2D eigenvalue weighted by atomic mass is 9.99. The zero-order valence-electron chi connectivity index (χ0n) is 12.4. The molecule has 1 fully saturated rings. The van der Waals surface area contributed by atoms with Gasteiger partial charge in [0.15, 0.2) is 0 Å². The zero-order chi connectivity index (χ0) is 14.9. The summed E-state index contributed by atoms with van der Waals surface area (Å²) < 4.78 is 26.6. The van der Waals surface area contributed by atoms with Crippen LogP contribution in [-0.4, -0.2) is 31.9 Å². The first-order valence-corrected chi connectivity index (χ1v) is 8.66. The van der Waals surface area contributed by atoms with Crippen LogP contribution in [0.3, 0.4) is 0 Å². The summed E-state index contributed by atoms with van der Waals surface area (Å²) in [5, 5.41) is 0. The molecule has 0 aromatic heterocycles. The largest absolute Gasteiger partial charge is 0.326 e. The van der Waals surface area contributed by atoms with E-state index < -0.39 is 10.0 Å². The van der Waals surface area contributed by atoms with E-state index in [4.69, 9.17) is 5.73 Å². The van der Waals surface area contributed by atoms with Crippen LogP contribution in [0.4, 0.5) is 0 Å². The monoisotopic (exact) mass is 296 g/mol. The Kier molecular flexibility index (Phi) is 4.52. The van der Waals surface area contributed by atoms with Crippen molar-refractivity contribution in [2.75, 3.05) is 13.1 Å². The smallest absolute Gasteiger partial charge is 0.243 e. The second kappa shape index (κ2) is 5.84. The summed E-state index contributed by atoms with van der Waals surface area (Å²) in [6.07, 6.45) is 1.05. The van der Waals surface area contributed by atoms with Crippen LogP contribution in [0.5, 0.6) is 0 Å². The van der Waals surface area contributed by atoms with Crippen molar-refractivity contribution in [1.82, 2.24) is 4.31 Å². The summed E-state index contributed by atoms with van der Waals surface area (Å²) in [6, 6.07) is 7.20. The van der Waals surface area contributed by atoms with Gasteiger partial charge in [-0.05, 0) is 36.0 Å². The SMILES string of the molecule is CCC(C)c1ccc(S(=O)(=O)N2CC(C)C(N)C2)cc1. The van der Waals surface area contributed by atoms with Gasteiger partial charge in [-0.25, -0.2) is 8.42 Å². The van der Waals surface area contributed by atoms with Gasteiger partial charge in [0.1, 0.15) is 0 Å². The Hall–Kier alpha value is -0.910. The van der Waals surface area contributed by atoms with Gasteiger partial charge in [0.2, 0.25) is 10.0 Å². The molecule has 3 atom stereocenters. The van der Waals surface area contributed by atoms with E-state index in [2.05, 4.69) is 13.8 Å². The maximum atomic E-state index is 12.5. The maximum absolute atomic E-state index is 12.5. The van der Waals surface area contributed by atoms with E-state index in [-0.39, 0.29) is 12.0 Å². The average Bonchev–Trinajstić information content (AvgIpc) is 2.78. The number of sulfonamides is 1. The molecule has 3 unspecified atom stereocenters. The molecule has 1 aliphatic rings. The predicted molar refractivity (Wildman–Crippen MR) is 81.0 cm³/mol. The molecule has 2 N–H and O–H groups in total. The van der Waals surface area contributed by atoms with Crippen LogP contribution in [0, 0.1) is 5.92 Å². The summed E-state index contributed by atoms with van der Waals surface area (Å²) in [4.78, 5) is 0.367. The van der Waals surface area contributed by atoms with Gasteiger partial charge >= 0.3 is 0 Å². The number of benzene rings is 1. The summed E-state index contributed by atoms with van der Waals surface area (Å²) in [6.45, 7) is 7.19. The maximum Gasteiger partial charge on any atom is 0.243 e. The van der Waals surface area contributed by atoms with Gasteiger partial charge in [0.05, 0.1) is 4.90 Å². The van der Waals surface area contributed by atoms with E-state index in [9.17, 15) is 8.42 Å². The van der Waals surface area contributed by atoms with Gasteiger partial charge < -0.3 is 5.73 Å². The number of hydrogen-bond donors (Lipinski definition) is 1. The highest BCUT2D eigenvalue weighted by Crippen LogP contribution is 2.25. The Bertz CT molecular complexity index is 544. The molecule has 0 bridgehead atoms. The number of rotatable bonds is 4. The zero-order valence-corrected chi connectivity index (χ0v) is 13.2. The molecule has 5 heteroatoms. The van der Waals surface area contributed by atoms with Gasteiger partial charge in [0.25, 0.3) is 0 Å². The molecule has 0 radical (unpaired) electrons. The van der Waals surface area contributed by atoms with Gasteiger partial charge in [-0.1, -0.05) is 32.9 Å². The van der Waals surface area contributed by atoms with Crippen LogP contribution >= 0.6 is 0 Å². The van der Waals surface area contributed by atoms with Crippen molar-refractivity contribution >= 4 is 10.0 Å². The summed E-state index contributed by atoms with van der Waals surface area (Å²) in [5.41, 5.74) is 7.10. The molecule has 0 saturated carbocycles. The Morgan fingerprint density at radius 2 is 1.90 bits per heavy atom. The van der Waals surface area contributed by atoms with Gasteiger partial charge in [-0.3, -0.25) is 0 Å². The van der Waals surface area contributed by atoms with Crippen molar-refractivity contribution in [1.29, 1.82) is 0 Å². The summed E-state index contributed by atoms with van der Waals surface area (Å²) in [7, 11) is -3.40. The van der Waals surface area contributed by atoms with Crippen LogP contribution in [0.25, 0.3) is 0 Å². The Balaban J connectivity index is 2.22. The molecule has 1 aliphatic heterocycles. The second-order valence-electron chi connectivity index (χ2n) is 5.84. The molecule has 1 saturated heterocycles. The van der Waals surface area contributed by atoms with Crippen molar-refractivity contribution in [3.63, 3.8) is 0 Å². The van der Waals surface area contributed by atoms with Gasteiger partial charge in [-0.2, -0.15) is 4.31 Å².